The fraction of sp³-hybridized carbons (Fsp3) is 0.375. The number of aromatic amines is 1. The number of nitrogens with zero attached hydrogens (tertiary/aromatic N) is 1. The lowest BCUT2D eigenvalue weighted by Crippen LogP contribution is -2.36. The first-order valence-electron chi connectivity index (χ1n) is 7.45. The third-order valence-electron chi connectivity index (χ3n) is 4.02. The zero-order valence-electron chi connectivity index (χ0n) is 12.5. The fourth-order valence-electron chi connectivity index (χ4n) is 2.89. The van der Waals surface area contributed by atoms with Crippen LogP contribution in [-0.2, 0) is 10.0 Å². The topological polar surface area (TPSA) is 53.2 Å². The van der Waals surface area contributed by atoms with Gasteiger partial charge >= 0.3 is 0 Å². The third-order valence-corrected chi connectivity index (χ3v) is 6.29. The van der Waals surface area contributed by atoms with Crippen LogP contribution in [0.15, 0.2) is 30.5 Å². The molecule has 22 heavy (non-hydrogen) atoms. The van der Waals surface area contributed by atoms with Crippen LogP contribution in [0.4, 0.5) is 0 Å². The molecule has 0 amide bonds. The molecule has 1 aliphatic rings. The van der Waals surface area contributed by atoms with Crippen molar-refractivity contribution in [1.82, 2.24) is 9.29 Å². The standard InChI is InChI=1S/C16H19ClN2O2S/c1-2-9-22(20,21)19-7-5-12(6-8-19)15-11-18-16-4-3-13(17)10-14(15)16/h3-5,10-11,18H,2,6-9H2,1H3. The maximum Gasteiger partial charge on any atom is 0.214 e. The molecule has 1 N–H and O–H groups in total. The summed E-state index contributed by atoms with van der Waals surface area (Å²) in [6.07, 6.45) is 5.36. The first-order valence-corrected chi connectivity index (χ1v) is 9.44. The molecular weight excluding hydrogens is 320 g/mol. The molecule has 0 spiro atoms. The highest BCUT2D eigenvalue weighted by Gasteiger charge is 2.24. The van der Waals surface area contributed by atoms with Gasteiger partial charge in [0.1, 0.15) is 0 Å². The Morgan fingerprint density at radius 1 is 1.36 bits per heavy atom. The van der Waals surface area contributed by atoms with E-state index in [0.717, 1.165) is 22.9 Å². The number of benzene rings is 1. The molecule has 0 saturated heterocycles. The minimum absolute atomic E-state index is 0.221. The lowest BCUT2D eigenvalue weighted by Gasteiger charge is -2.25. The van der Waals surface area contributed by atoms with E-state index in [9.17, 15) is 8.42 Å². The maximum atomic E-state index is 12.1. The zero-order chi connectivity index (χ0) is 15.7. The molecule has 118 valence electrons. The van der Waals surface area contributed by atoms with Gasteiger partial charge in [-0.15, -0.1) is 0 Å². The molecule has 1 aliphatic heterocycles. The third kappa shape index (κ3) is 2.93. The van der Waals surface area contributed by atoms with Crippen molar-refractivity contribution >= 4 is 38.1 Å². The van der Waals surface area contributed by atoms with Crippen molar-refractivity contribution in [3.05, 3.63) is 41.1 Å². The van der Waals surface area contributed by atoms with Crippen LogP contribution in [0.3, 0.4) is 0 Å². The Labute approximate surface area is 135 Å². The largest absolute Gasteiger partial charge is 0.361 e. The Morgan fingerprint density at radius 3 is 2.86 bits per heavy atom. The fourth-order valence-corrected chi connectivity index (χ4v) is 4.51. The first-order chi connectivity index (χ1) is 10.5. The summed E-state index contributed by atoms with van der Waals surface area (Å²) in [4.78, 5) is 3.24. The molecule has 0 aliphatic carbocycles. The van der Waals surface area contributed by atoms with E-state index in [1.54, 1.807) is 4.31 Å². The van der Waals surface area contributed by atoms with Crippen LogP contribution in [0.5, 0.6) is 0 Å². The van der Waals surface area contributed by atoms with Gasteiger partial charge in [-0.1, -0.05) is 24.6 Å². The van der Waals surface area contributed by atoms with Crippen LogP contribution in [0.25, 0.3) is 16.5 Å². The van der Waals surface area contributed by atoms with Crippen LogP contribution in [0.2, 0.25) is 5.02 Å². The molecule has 2 aromatic rings. The van der Waals surface area contributed by atoms with Crippen molar-refractivity contribution in [2.75, 3.05) is 18.8 Å². The smallest absolute Gasteiger partial charge is 0.214 e. The van der Waals surface area contributed by atoms with Crippen molar-refractivity contribution in [1.29, 1.82) is 0 Å². The molecule has 0 unspecified atom stereocenters. The monoisotopic (exact) mass is 338 g/mol. The normalized spacial score (nSPS) is 16.9. The van der Waals surface area contributed by atoms with Crippen LogP contribution in [0.1, 0.15) is 25.3 Å². The minimum atomic E-state index is -3.12. The zero-order valence-corrected chi connectivity index (χ0v) is 14.0. The summed E-state index contributed by atoms with van der Waals surface area (Å²) in [6.45, 7) is 2.88. The second-order valence-corrected chi connectivity index (χ2v) is 8.07. The van der Waals surface area contributed by atoms with E-state index in [2.05, 4.69) is 4.98 Å². The summed E-state index contributed by atoms with van der Waals surface area (Å²) < 4.78 is 25.8. The van der Waals surface area contributed by atoms with Crippen molar-refractivity contribution < 1.29 is 8.42 Å². The molecule has 4 nitrogen and oxygen atoms in total. The molecule has 0 atom stereocenters. The van der Waals surface area contributed by atoms with Crippen molar-refractivity contribution in [2.45, 2.75) is 19.8 Å². The van der Waals surface area contributed by atoms with Gasteiger partial charge in [0.15, 0.2) is 0 Å². The SMILES string of the molecule is CCCS(=O)(=O)N1CC=C(c2c[nH]c3ccc(Cl)cc23)CC1. The highest BCUT2D eigenvalue weighted by molar-refractivity contribution is 7.89. The van der Waals surface area contributed by atoms with Gasteiger partial charge in [0, 0.05) is 40.8 Å². The summed E-state index contributed by atoms with van der Waals surface area (Å²) >= 11 is 6.08. The molecular formula is C16H19ClN2O2S. The van der Waals surface area contributed by atoms with E-state index in [4.69, 9.17) is 11.6 Å². The predicted molar refractivity (Wildman–Crippen MR) is 91.6 cm³/mol. The van der Waals surface area contributed by atoms with Crippen LogP contribution < -0.4 is 0 Å². The van der Waals surface area contributed by atoms with E-state index >= 15 is 0 Å². The Morgan fingerprint density at radius 2 is 2.18 bits per heavy atom. The summed E-state index contributed by atoms with van der Waals surface area (Å²) in [5.41, 5.74) is 3.34. The van der Waals surface area contributed by atoms with Gasteiger partial charge in [0.05, 0.1) is 5.75 Å². The van der Waals surface area contributed by atoms with Crippen LogP contribution in [-0.4, -0.2) is 36.5 Å². The highest BCUT2D eigenvalue weighted by Crippen LogP contribution is 2.31. The van der Waals surface area contributed by atoms with Gasteiger partial charge in [-0.05, 0) is 36.6 Å². The van der Waals surface area contributed by atoms with Gasteiger partial charge < -0.3 is 4.98 Å². The lowest BCUT2D eigenvalue weighted by atomic mass is 10.00. The van der Waals surface area contributed by atoms with Gasteiger partial charge in [-0.3, -0.25) is 0 Å². The van der Waals surface area contributed by atoms with Gasteiger partial charge in [-0.2, -0.15) is 4.31 Å². The van der Waals surface area contributed by atoms with Crippen molar-refractivity contribution in [3.8, 4) is 0 Å². The van der Waals surface area contributed by atoms with Gasteiger partial charge in [-0.25, -0.2) is 8.42 Å². The van der Waals surface area contributed by atoms with E-state index in [-0.39, 0.29) is 5.75 Å². The number of rotatable bonds is 4. The highest BCUT2D eigenvalue weighted by atomic mass is 35.5. The Balaban J connectivity index is 1.88. The van der Waals surface area contributed by atoms with E-state index in [1.165, 1.54) is 5.57 Å². The molecule has 0 radical (unpaired) electrons. The Hall–Kier alpha value is -1.30. The minimum Gasteiger partial charge on any atom is -0.361 e. The molecule has 6 heteroatoms. The molecule has 0 bridgehead atoms. The number of fused-ring (bicyclic) bond motifs is 1. The van der Waals surface area contributed by atoms with E-state index < -0.39 is 10.0 Å². The average Bonchev–Trinajstić information content (AvgIpc) is 2.90. The molecule has 1 aromatic heterocycles. The average molecular weight is 339 g/mol. The predicted octanol–water partition coefficient (Wildman–Crippen LogP) is 3.65. The van der Waals surface area contributed by atoms with E-state index in [1.807, 2.05) is 37.4 Å². The Bertz CT molecular complexity index is 824. The molecule has 3 rings (SSSR count). The maximum absolute atomic E-state index is 12.1. The number of sulfonamides is 1. The van der Waals surface area contributed by atoms with Crippen LogP contribution in [0, 0.1) is 0 Å². The summed E-state index contributed by atoms with van der Waals surface area (Å²) in [5.74, 6) is 0.221. The van der Waals surface area contributed by atoms with Gasteiger partial charge in [0.25, 0.3) is 0 Å². The number of nitrogens with one attached hydrogen (secondary N) is 1. The summed E-state index contributed by atoms with van der Waals surface area (Å²) in [7, 11) is -3.12. The number of halogens is 1. The van der Waals surface area contributed by atoms with E-state index in [0.29, 0.717) is 24.5 Å². The lowest BCUT2D eigenvalue weighted by molar-refractivity contribution is 0.441. The molecule has 0 saturated carbocycles. The summed E-state index contributed by atoms with van der Waals surface area (Å²) in [5, 5.41) is 1.79. The quantitative estimate of drug-likeness (QED) is 0.925. The van der Waals surface area contributed by atoms with Crippen molar-refractivity contribution in [2.24, 2.45) is 0 Å². The second kappa shape index (κ2) is 6.07. The number of hydrogen-bond donors (Lipinski definition) is 1. The summed E-state index contributed by atoms with van der Waals surface area (Å²) in [6, 6.07) is 5.77. The Kier molecular flexibility index (Phi) is 4.30. The number of H-pyrrole nitrogens is 1. The molecule has 2 heterocycles. The first kappa shape index (κ1) is 15.6. The molecule has 0 fully saturated rings. The van der Waals surface area contributed by atoms with Crippen LogP contribution >= 0.6 is 11.6 Å². The second-order valence-electron chi connectivity index (χ2n) is 5.55. The number of hydrogen-bond acceptors (Lipinski definition) is 2. The molecule has 1 aromatic carbocycles. The number of aromatic nitrogens is 1. The van der Waals surface area contributed by atoms with Gasteiger partial charge in [0.2, 0.25) is 10.0 Å². The van der Waals surface area contributed by atoms with Crippen molar-refractivity contribution in [3.63, 3.8) is 0 Å².